The molecule has 0 heterocycles. The maximum absolute atomic E-state index is 11.8. The van der Waals surface area contributed by atoms with Crippen molar-refractivity contribution in [2.24, 2.45) is 5.73 Å². The quantitative estimate of drug-likeness (QED) is 0.815. The first-order chi connectivity index (χ1) is 8.21. The van der Waals surface area contributed by atoms with E-state index < -0.39 is 0 Å². The molecule has 0 spiro atoms. The summed E-state index contributed by atoms with van der Waals surface area (Å²) in [6.45, 7) is 3.57. The van der Waals surface area contributed by atoms with Gasteiger partial charge in [0.15, 0.2) is 0 Å². The van der Waals surface area contributed by atoms with Crippen molar-refractivity contribution in [1.29, 1.82) is 0 Å². The van der Waals surface area contributed by atoms with Gasteiger partial charge in [0.2, 0.25) is 0 Å². The van der Waals surface area contributed by atoms with Gasteiger partial charge >= 0.3 is 6.03 Å². The van der Waals surface area contributed by atoms with Gasteiger partial charge < -0.3 is 20.7 Å². The number of anilines is 1. The topological polar surface area (TPSA) is 67.6 Å². The Kier molecular flexibility index (Phi) is 5.29. The molecule has 3 N–H and O–H groups in total. The molecule has 0 radical (unpaired) electrons. The van der Waals surface area contributed by atoms with E-state index >= 15 is 0 Å². The minimum absolute atomic E-state index is 0.136. The molecule has 0 aromatic heterocycles. The van der Waals surface area contributed by atoms with Gasteiger partial charge in [0.1, 0.15) is 5.75 Å². The molecule has 0 bridgehead atoms. The van der Waals surface area contributed by atoms with E-state index in [0.29, 0.717) is 19.6 Å². The maximum Gasteiger partial charge on any atom is 0.321 e. The van der Waals surface area contributed by atoms with E-state index in [1.54, 1.807) is 36.3 Å². The van der Waals surface area contributed by atoms with Crippen molar-refractivity contribution in [2.45, 2.75) is 6.92 Å². The summed E-state index contributed by atoms with van der Waals surface area (Å²) < 4.78 is 5.04. The molecule has 1 aromatic carbocycles. The highest BCUT2D eigenvalue weighted by atomic mass is 16.5. The molecule has 5 nitrogen and oxygen atoms in total. The summed E-state index contributed by atoms with van der Waals surface area (Å²) in [6, 6.07) is 7.06. The van der Waals surface area contributed by atoms with Crippen LogP contribution in [0.3, 0.4) is 0 Å². The first-order valence-corrected chi connectivity index (χ1v) is 5.61. The number of methoxy groups -OCH3 is 1. The van der Waals surface area contributed by atoms with E-state index in [2.05, 4.69) is 5.32 Å². The lowest BCUT2D eigenvalue weighted by Gasteiger charge is -2.20. The molecule has 0 atom stereocenters. The second-order valence-corrected chi connectivity index (χ2v) is 3.53. The van der Waals surface area contributed by atoms with Gasteiger partial charge in [0.25, 0.3) is 0 Å². The molecule has 5 heteroatoms. The molecule has 17 heavy (non-hydrogen) atoms. The molecule has 1 aromatic rings. The number of amides is 2. The number of carbonyl (C=O) groups excluding carboxylic acids is 1. The number of urea groups is 1. The highest BCUT2D eigenvalue weighted by Gasteiger charge is 2.10. The molecule has 0 aliphatic heterocycles. The van der Waals surface area contributed by atoms with E-state index in [1.807, 2.05) is 6.92 Å². The second-order valence-electron chi connectivity index (χ2n) is 3.53. The number of carbonyl (C=O) groups is 1. The van der Waals surface area contributed by atoms with Gasteiger partial charge in [-0.2, -0.15) is 0 Å². The third-order valence-corrected chi connectivity index (χ3v) is 2.41. The molecule has 94 valence electrons. The van der Waals surface area contributed by atoms with Gasteiger partial charge in [-0.3, -0.25) is 0 Å². The predicted octanol–water partition coefficient (Wildman–Crippen LogP) is 1.51. The summed E-state index contributed by atoms with van der Waals surface area (Å²) in [5.74, 6) is 0.761. The number of nitrogens with two attached hydrogens (primary N) is 1. The van der Waals surface area contributed by atoms with E-state index in [9.17, 15) is 4.79 Å². The van der Waals surface area contributed by atoms with Crippen LogP contribution in [0.4, 0.5) is 10.5 Å². The average molecular weight is 237 g/mol. The minimum atomic E-state index is -0.136. The van der Waals surface area contributed by atoms with Crippen LogP contribution in [-0.2, 0) is 0 Å². The van der Waals surface area contributed by atoms with Gasteiger partial charge in [0.05, 0.1) is 7.11 Å². The van der Waals surface area contributed by atoms with Crippen LogP contribution in [0.2, 0.25) is 0 Å². The molecular weight excluding hydrogens is 218 g/mol. The molecular formula is C12H19N3O2. The van der Waals surface area contributed by atoms with Crippen molar-refractivity contribution >= 4 is 11.7 Å². The van der Waals surface area contributed by atoms with Crippen LogP contribution in [0.15, 0.2) is 24.3 Å². The number of hydrogen-bond donors (Lipinski definition) is 2. The van der Waals surface area contributed by atoms with Crippen LogP contribution in [-0.4, -0.2) is 37.7 Å². The molecule has 0 saturated carbocycles. The standard InChI is InChI=1S/C12H19N3O2/c1-3-15(9-8-13)12(16)14-10-4-6-11(17-2)7-5-10/h4-7H,3,8-9,13H2,1-2H3,(H,14,16). The number of rotatable bonds is 5. The molecule has 1 rings (SSSR count). The van der Waals surface area contributed by atoms with Crippen molar-refractivity contribution in [3.8, 4) is 5.75 Å². The monoisotopic (exact) mass is 237 g/mol. The van der Waals surface area contributed by atoms with Crippen LogP contribution in [0.5, 0.6) is 5.75 Å². The average Bonchev–Trinajstić information content (AvgIpc) is 2.36. The number of hydrogen-bond acceptors (Lipinski definition) is 3. The van der Waals surface area contributed by atoms with E-state index in [1.165, 1.54) is 0 Å². The summed E-state index contributed by atoms with van der Waals surface area (Å²) in [7, 11) is 1.60. The zero-order valence-corrected chi connectivity index (χ0v) is 10.3. The summed E-state index contributed by atoms with van der Waals surface area (Å²) >= 11 is 0. The van der Waals surface area contributed by atoms with Crippen molar-refractivity contribution in [3.05, 3.63) is 24.3 Å². The van der Waals surface area contributed by atoms with Crippen molar-refractivity contribution in [1.82, 2.24) is 4.90 Å². The number of likely N-dealkylation sites (N-methyl/N-ethyl adjacent to an activating group) is 1. The number of benzene rings is 1. The maximum atomic E-state index is 11.8. The zero-order chi connectivity index (χ0) is 12.7. The highest BCUT2D eigenvalue weighted by molar-refractivity contribution is 5.89. The summed E-state index contributed by atoms with van der Waals surface area (Å²) in [4.78, 5) is 13.5. The van der Waals surface area contributed by atoms with Crippen molar-refractivity contribution < 1.29 is 9.53 Å². The van der Waals surface area contributed by atoms with Crippen LogP contribution in [0.1, 0.15) is 6.92 Å². The Morgan fingerprint density at radius 2 is 2.06 bits per heavy atom. The van der Waals surface area contributed by atoms with Gasteiger partial charge in [-0.05, 0) is 31.2 Å². The first kappa shape index (κ1) is 13.3. The van der Waals surface area contributed by atoms with E-state index in [0.717, 1.165) is 11.4 Å². The van der Waals surface area contributed by atoms with Crippen LogP contribution in [0.25, 0.3) is 0 Å². The molecule has 0 aliphatic rings. The molecule has 0 saturated heterocycles. The minimum Gasteiger partial charge on any atom is -0.497 e. The fourth-order valence-corrected chi connectivity index (χ4v) is 1.44. The summed E-state index contributed by atoms with van der Waals surface area (Å²) in [5, 5.41) is 2.80. The second kappa shape index (κ2) is 6.75. The number of nitrogens with one attached hydrogen (secondary N) is 1. The van der Waals surface area contributed by atoms with Gasteiger partial charge in [-0.1, -0.05) is 0 Å². The normalized spacial score (nSPS) is 9.82. The lowest BCUT2D eigenvalue weighted by atomic mass is 10.3. The fourth-order valence-electron chi connectivity index (χ4n) is 1.44. The van der Waals surface area contributed by atoms with Crippen LogP contribution < -0.4 is 15.8 Å². The van der Waals surface area contributed by atoms with Gasteiger partial charge in [-0.15, -0.1) is 0 Å². The fraction of sp³-hybridized carbons (Fsp3) is 0.417. The highest BCUT2D eigenvalue weighted by Crippen LogP contribution is 2.15. The summed E-state index contributed by atoms with van der Waals surface area (Å²) in [5.41, 5.74) is 6.18. The molecule has 0 unspecified atom stereocenters. The predicted molar refractivity (Wildman–Crippen MR) is 68.3 cm³/mol. The third kappa shape index (κ3) is 3.96. The SMILES string of the molecule is CCN(CCN)C(=O)Nc1ccc(OC)cc1. The lowest BCUT2D eigenvalue weighted by Crippen LogP contribution is -2.38. The van der Waals surface area contributed by atoms with Crippen molar-refractivity contribution in [2.75, 3.05) is 32.1 Å². The van der Waals surface area contributed by atoms with Crippen molar-refractivity contribution in [3.63, 3.8) is 0 Å². The Morgan fingerprint density at radius 1 is 1.41 bits per heavy atom. The molecule has 0 fully saturated rings. The Bertz CT molecular complexity index is 351. The first-order valence-electron chi connectivity index (χ1n) is 5.61. The Hall–Kier alpha value is -1.75. The smallest absolute Gasteiger partial charge is 0.321 e. The molecule has 2 amide bonds. The van der Waals surface area contributed by atoms with Crippen LogP contribution in [0, 0.1) is 0 Å². The number of ether oxygens (including phenoxy) is 1. The van der Waals surface area contributed by atoms with E-state index in [-0.39, 0.29) is 6.03 Å². The van der Waals surface area contributed by atoms with Gasteiger partial charge in [0, 0.05) is 25.3 Å². The van der Waals surface area contributed by atoms with E-state index in [4.69, 9.17) is 10.5 Å². The molecule has 0 aliphatic carbocycles. The van der Waals surface area contributed by atoms with Gasteiger partial charge in [-0.25, -0.2) is 4.79 Å². The Balaban J connectivity index is 2.59. The number of nitrogens with zero attached hydrogens (tertiary/aromatic N) is 1. The lowest BCUT2D eigenvalue weighted by molar-refractivity contribution is 0.216. The Labute approximate surface area is 102 Å². The zero-order valence-electron chi connectivity index (χ0n) is 10.3. The van der Waals surface area contributed by atoms with Crippen LogP contribution >= 0.6 is 0 Å². The summed E-state index contributed by atoms with van der Waals surface area (Å²) in [6.07, 6.45) is 0. The Morgan fingerprint density at radius 3 is 2.53 bits per heavy atom. The third-order valence-electron chi connectivity index (χ3n) is 2.41. The largest absolute Gasteiger partial charge is 0.497 e.